The Labute approximate surface area is 173 Å². The number of tetrazole rings is 1. The van der Waals surface area contributed by atoms with Crippen LogP contribution in [0.2, 0.25) is 5.02 Å². The first-order chi connectivity index (χ1) is 13.7. The standard InChI is InChI=1S/C18H15ClN6OS2/c19-12-1-2-15-13(9-12)21-17(28-15)11-3-6-24(7-4-11)18(26)16-14(5-8-27-16)25-10-20-22-23-25/h1-2,5,8-11H,3-4,6-7H2. The van der Waals surface area contributed by atoms with Gasteiger partial charge in [0.1, 0.15) is 11.2 Å². The molecule has 1 fully saturated rings. The van der Waals surface area contributed by atoms with Gasteiger partial charge >= 0.3 is 0 Å². The third-order valence-corrected chi connectivity index (χ3v) is 7.26. The molecule has 0 N–H and O–H groups in total. The van der Waals surface area contributed by atoms with E-state index in [-0.39, 0.29) is 5.91 Å². The van der Waals surface area contributed by atoms with E-state index in [0.29, 0.717) is 28.9 Å². The van der Waals surface area contributed by atoms with Gasteiger partial charge in [0, 0.05) is 24.0 Å². The van der Waals surface area contributed by atoms with Crippen LogP contribution in [-0.4, -0.2) is 49.1 Å². The molecular formula is C18H15ClN6OS2. The molecule has 1 aliphatic rings. The summed E-state index contributed by atoms with van der Waals surface area (Å²) in [5.74, 6) is 0.414. The second-order valence-corrected chi connectivity index (χ2v) is 9.03. The molecule has 0 spiro atoms. The van der Waals surface area contributed by atoms with Crippen LogP contribution in [-0.2, 0) is 0 Å². The summed E-state index contributed by atoms with van der Waals surface area (Å²) in [5.41, 5.74) is 1.68. The lowest BCUT2D eigenvalue weighted by Crippen LogP contribution is -2.37. The highest BCUT2D eigenvalue weighted by atomic mass is 35.5. The number of aromatic nitrogens is 5. The molecule has 1 aromatic carbocycles. The number of thiazole rings is 1. The van der Waals surface area contributed by atoms with Gasteiger partial charge < -0.3 is 4.90 Å². The van der Waals surface area contributed by atoms with E-state index in [9.17, 15) is 4.79 Å². The van der Waals surface area contributed by atoms with Crippen molar-refractivity contribution in [2.24, 2.45) is 0 Å². The first kappa shape index (κ1) is 17.7. The third-order valence-electron chi connectivity index (χ3n) is 4.93. The Morgan fingerprint density at radius 3 is 2.86 bits per heavy atom. The molecule has 10 heteroatoms. The van der Waals surface area contributed by atoms with Crippen molar-refractivity contribution in [3.8, 4) is 5.69 Å². The van der Waals surface area contributed by atoms with E-state index >= 15 is 0 Å². The first-order valence-electron chi connectivity index (χ1n) is 8.85. The molecule has 7 nitrogen and oxygen atoms in total. The number of benzene rings is 1. The molecule has 0 bridgehead atoms. The average molecular weight is 431 g/mol. The van der Waals surface area contributed by atoms with Crippen LogP contribution in [0.25, 0.3) is 15.9 Å². The van der Waals surface area contributed by atoms with E-state index in [2.05, 4.69) is 15.5 Å². The summed E-state index contributed by atoms with van der Waals surface area (Å²) in [6.07, 6.45) is 3.32. The second kappa shape index (κ2) is 7.23. The number of carbonyl (C=O) groups excluding carboxylic acids is 1. The predicted octanol–water partition coefficient (Wildman–Crippen LogP) is 4.01. The van der Waals surface area contributed by atoms with Crippen LogP contribution in [0.3, 0.4) is 0 Å². The minimum absolute atomic E-state index is 0.0371. The molecular weight excluding hydrogens is 416 g/mol. The molecule has 1 saturated heterocycles. The lowest BCUT2D eigenvalue weighted by Gasteiger charge is -2.31. The summed E-state index contributed by atoms with van der Waals surface area (Å²) >= 11 is 9.22. The number of hydrogen-bond donors (Lipinski definition) is 0. The Morgan fingerprint density at radius 1 is 1.21 bits per heavy atom. The number of carbonyl (C=O) groups is 1. The predicted molar refractivity (Wildman–Crippen MR) is 110 cm³/mol. The van der Waals surface area contributed by atoms with Crippen molar-refractivity contribution < 1.29 is 4.79 Å². The Bertz CT molecular complexity index is 1130. The quantitative estimate of drug-likeness (QED) is 0.490. The van der Waals surface area contributed by atoms with Crippen LogP contribution in [0.1, 0.15) is 33.4 Å². The van der Waals surface area contributed by atoms with Gasteiger partial charge in [-0.05, 0) is 52.9 Å². The number of hydrogen-bond acceptors (Lipinski definition) is 7. The Balaban J connectivity index is 1.30. The molecule has 1 amide bonds. The molecule has 5 rings (SSSR count). The number of rotatable bonds is 3. The molecule has 0 atom stereocenters. The van der Waals surface area contributed by atoms with Gasteiger partial charge in [-0.1, -0.05) is 11.6 Å². The van der Waals surface area contributed by atoms with E-state index in [4.69, 9.17) is 16.6 Å². The summed E-state index contributed by atoms with van der Waals surface area (Å²) in [4.78, 5) is 20.4. The summed E-state index contributed by atoms with van der Waals surface area (Å²) in [7, 11) is 0. The van der Waals surface area contributed by atoms with Crippen molar-refractivity contribution in [3.63, 3.8) is 0 Å². The van der Waals surface area contributed by atoms with E-state index in [1.807, 2.05) is 34.5 Å². The molecule has 0 unspecified atom stereocenters. The van der Waals surface area contributed by atoms with Crippen LogP contribution >= 0.6 is 34.3 Å². The van der Waals surface area contributed by atoms with Crippen molar-refractivity contribution in [1.29, 1.82) is 0 Å². The number of piperidine rings is 1. The van der Waals surface area contributed by atoms with Gasteiger partial charge in [-0.25, -0.2) is 4.98 Å². The van der Waals surface area contributed by atoms with Crippen molar-refractivity contribution in [3.05, 3.63) is 50.9 Å². The number of halogens is 1. The largest absolute Gasteiger partial charge is 0.338 e. The number of likely N-dealkylation sites (tertiary alicyclic amines) is 1. The van der Waals surface area contributed by atoms with Gasteiger partial charge in [-0.3, -0.25) is 4.79 Å². The lowest BCUT2D eigenvalue weighted by atomic mass is 9.97. The normalized spacial score (nSPS) is 15.4. The van der Waals surface area contributed by atoms with Gasteiger partial charge in [0.15, 0.2) is 0 Å². The number of nitrogens with zero attached hydrogens (tertiary/aromatic N) is 6. The summed E-state index contributed by atoms with van der Waals surface area (Å²) in [6.45, 7) is 1.43. The summed E-state index contributed by atoms with van der Waals surface area (Å²) in [6, 6.07) is 7.70. The fraction of sp³-hybridized carbons (Fsp3) is 0.278. The van der Waals surface area contributed by atoms with E-state index < -0.39 is 0 Å². The summed E-state index contributed by atoms with van der Waals surface area (Å²) in [5, 5.41) is 14.9. The molecule has 4 heterocycles. The Morgan fingerprint density at radius 2 is 2.07 bits per heavy atom. The molecule has 0 saturated carbocycles. The van der Waals surface area contributed by atoms with Crippen LogP contribution in [0.5, 0.6) is 0 Å². The van der Waals surface area contributed by atoms with Crippen LogP contribution in [0, 0.1) is 0 Å². The zero-order valence-electron chi connectivity index (χ0n) is 14.7. The maximum absolute atomic E-state index is 13.0. The van der Waals surface area contributed by atoms with E-state index in [0.717, 1.165) is 33.8 Å². The molecule has 3 aromatic heterocycles. The van der Waals surface area contributed by atoms with Gasteiger partial charge in [0.25, 0.3) is 5.91 Å². The summed E-state index contributed by atoms with van der Waals surface area (Å²) < 4.78 is 2.69. The first-order valence-corrected chi connectivity index (χ1v) is 10.9. The third kappa shape index (κ3) is 3.19. The molecule has 28 heavy (non-hydrogen) atoms. The highest BCUT2D eigenvalue weighted by Gasteiger charge is 2.28. The lowest BCUT2D eigenvalue weighted by molar-refractivity contribution is 0.0718. The SMILES string of the molecule is O=C(c1sccc1-n1cnnn1)N1CCC(c2nc3cc(Cl)ccc3s2)CC1. The van der Waals surface area contributed by atoms with Crippen LogP contribution in [0.15, 0.2) is 36.0 Å². The second-order valence-electron chi connectivity index (χ2n) is 6.62. The fourth-order valence-corrected chi connectivity index (χ4v) is 5.61. The van der Waals surface area contributed by atoms with Crippen LogP contribution < -0.4 is 0 Å². The number of amides is 1. The average Bonchev–Trinajstić information content (AvgIpc) is 3.46. The topological polar surface area (TPSA) is 76.8 Å². The van der Waals surface area contributed by atoms with Gasteiger partial charge in [0.05, 0.1) is 20.9 Å². The zero-order chi connectivity index (χ0) is 19.1. The molecule has 0 aliphatic carbocycles. The smallest absolute Gasteiger partial charge is 0.266 e. The van der Waals surface area contributed by atoms with Crippen LogP contribution in [0.4, 0.5) is 0 Å². The van der Waals surface area contributed by atoms with Crippen molar-refractivity contribution in [2.45, 2.75) is 18.8 Å². The minimum Gasteiger partial charge on any atom is -0.338 e. The Kier molecular flexibility index (Phi) is 4.58. The van der Waals surface area contributed by atoms with E-state index in [1.165, 1.54) is 22.3 Å². The van der Waals surface area contributed by atoms with Crippen molar-refractivity contribution in [1.82, 2.24) is 30.1 Å². The monoisotopic (exact) mass is 430 g/mol. The highest BCUT2D eigenvalue weighted by Crippen LogP contribution is 2.35. The van der Waals surface area contributed by atoms with Gasteiger partial charge in [-0.2, -0.15) is 4.68 Å². The van der Waals surface area contributed by atoms with Gasteiger partial charge in [-0.15, -0.1) is 27.8 Å². The number of thiophene rings is 1. The maximum Gasteiger partial charge on any atom is 0.266 e. The van der Waals surface area contributed by atoms with Gasteiger partial charge in [0.2, 0.25) is 0 Å². The molecule has 1 aliphatic heterocycles. The fourth-order valence-electron chi connectivity index (χ4n) is 3.48. The molecule has 4 aromatic rings. The Hall–Kier alpha value is -2.36. The number of fused-ring (bicyclic) bond motifs is 1. The highest BCUT2D eigenvalue weighted by molar-refractivity contribution is 7.18. The molecule has 0 radical (unpaired) electrons. The van der Waals surface area contributed by atoms with Crippen molar-refractivity contribution in [2.75, 3.05) is 13.1 Å². The van der Waals surface area contributed by atoms with Crippen molar-refractivity contribution >= 4 is 50.4 Å². The molecule has 142 valence electrons. The van der Waals surface area contributed by atoms with E-state index in [1.54, 1.807) is 11.3 Å². The minimum atomic E-state index is 0.0371. The zero-order valence-corrected chi connectivity index (χ0v) is 17.0. The maximum atomic E-state index is 13.0.